The molecular formula is C16H18BrNO. The van der Waals surface area contributed by atoms with Crippen LogP contribution < -0.4 is 0 Å². The van der Waals surface area contributed by atoms with Crippen molar-refractivity contribution in [2.45, 2.75) is 31.3 Å². The van der Waals surface area contributed by atoms with Crippen molar-refractivity contribution < 1.29 is 4.84 Å². The Kier molecular flexibility index (Phi) is 2.91. The smallest absolute Gasteiger partial charge is 0.134 e. The second-order valence-electron chi connectivity index (χ2n) is 6.09. The van der Waals surface area contributed by atoms with Gasteiger partial charge in [-0.1, -0.05) is 51.4 Å². The average molecular weight is 320 g/mol. The molecule has 0 unspecified atom stereocenters. The molecule has 5 atom stereocenters. The molecule has 2 aliphatic carbocycles. The number of hydrogen-bond acceptors (Lipinski definition) is 2. The topological polar surface area (TPSA) is 21.6 Å². The molecule has 2 nitrogen and oxygen atoms in total. The third-order valence-electron chi connectivity index (χ3n) is 5.23. The van der Waals surface area contributed by atoms with Gasteiger partial charge in [-0.2, -0.15) is 0 Å². The summed E-state index contributed by atoms with van der Waals surface area (Å²) in [6.45, 7) is 0. The number of hydrogen-bond donors (Lipinski definition) is 0. The van der Waals surface area contributed by atoms with E-state index in [9.17, 15) is 0 Å². The molecule has 1 aromatic carbocycles. The Morgan fingerprint density at radius 3 is 2.74 bits per heavy atom. The molecule has 19 heavy (non-hydrogen) atoms. The van der Waals surface area contributed by atoms with Crippen LogP contribution in [-0.2, 0) is 4.84 Å². The Hall–Kier alpha value is -0.830. The molecule has 0 aromatic heterocycles. The van der Waals surface area contributed by atoms with Gasteiger partial charge >= 0.3 is 0 Å². The van der Waals surface area contributed by atoms with E-state index in [-0.39, 0.29) is 0 Å². The Balaban J connectivity index is 1.76. The van der Waals surface area contributed by atoms with Gasteiger partial charge in [-0.3, -0.25) is 0 Å². The average Bonchev–Trinajstić information content (AvgIpc) is 3.08. The lowest BCUT2D eigenvalue weighted by Crippen LogP contribution is -2.41. The van der Waals surface area contributed by atoms with Crippen LogP contribution in [0.15, 0.2) is 35.5 Å². The summed E-state index contributed by atoms with van der Waals surface area (Å²) in [5.41, 5.74) is 2.58. The van der Waals surface area contributed by atoms with Crippen LogP contribution in [0, 0.1) is 17.8 Å². The number of alkyl halides is 1. The van der Waals surface area contributed by atoms with Gasteiger partial charge in [-0.25, -0.2) is 0 Å². The van der Waals surface area contributed by atoms with Crippen molar-refractivity contribution >= 4 is 21.6 Å². The standard InChI is InChI=1S/C16H18BrNO/c17-9-13-14(10-4-2-1-3-5-10)15-11-6-7-12(8-11)16(15)19-18-13/h1-5,11-12,14-16H,6-9H2/t11-,12+,14+,15-,16-/m1/s1. The number of oxime groups is 1. The first kappa shape index (κ1) is 12.0. The number of benzene rings is 1. The molecular weight excluding hydrogens is 302 g/mol. The highest BCUT2D eigenvalue weighted by molar-refractivity contribution is 9.09. The molecule has 1 aliphatic heterocycles. The van der Waals surface area contributed by atoms with Gasteiger partial charge in [0.15, 0.2) is 0 Å². The van der Waals surface area contributed by atoms with Crippen LogP contribution in [0.3, 0.4) is 0 Å². The fraction of sp³-hybridized carbons (Fsp3) is 0.562. The SMILES string of the molecule is BrCC1=NO[C@@H]2[C@H]3CC[C@H](C3)[C@@H]2[C@H]1c1ccccc1. The fourth-order valence-corrected chi connectivity index (χ4v) is 4.94. The second kappa shape index (κ2) is 4.62. The van der Waals surface area contributed by atoms with Crippen LogP contribution in [0.2, 0.25) is 0 Å². The monoisotopic (exact) mass is 319 g/mol. The second-order valence-corrected chi connectivity index (χ2v) is 6.65. The van der Waals surface area contributed by atoms with Gasteiger partial charge in [0, 0.05) is 17.2 Å². The number of rotatable bonds is 2. The number of nitrogens with zero attached hydrogens (tertiary/aromatic N) is 1. The van der Waals surface area contributed by atoms with E-state index in [1.165, 1.54) is 30.5 Å². The summed E-state index contributed by atoms with van der Waals surface area (Å²) >= 11 is 3.59. The van der Waals surface area contributed by atoms with Crippen LogP contribution >= 0.6 is 15.9 Å². The van der Waals surface area contributed by atoms with Gasteiger partial charge in [0.2, 0.25) is 0 Å². The molecule has 0 N–H and O–H groups in total. The van der Waals surface area contributed by atoms with Gasteiger partial charge < -0.3 is 4.84 Å². The fourth-order valence-electron chi connectivity index (χ4n) is 4.49. The largest absolute Gasteiger partial charge is 0.392 e. The first-order chi connectivity index (χ1) is 9.38. The predicted molar refractivity (Wildman–Crippen MR) is 79.6 cm³/mol. The van der Waals surface area contributed by atoms with Crippen LogP contribution in [0.25, 0.3) is 0 Å². The maximum absolute atomic E-state index is 5.85. The molecule has 0 radical (unpaired) electrons. The van der Waals surface area contributed by atoms with Crippen LogP contribution in [-0.4, -0.2) is 17.1 Å². The molecule has 2 fully saturated rings. The zero-order chi connectivity index (χ0) is 12.8. The highest BCUT2D eigenvalue weighted by atomic mass is 79.9. The first-order valence-electron chi connectivity index (χ1n) is 7.22. The van der Waals surface area contributed by atoms with E-state index in [1.807, 2.05) is 0 Å². The maximum Gasteiger partial charge on any atom is 0.134 e. The minimum atomic E-state index is 0.367. The normalized spacial score (nSPS) is 39.6. The lowest BCUT2D eigenvalue weighted by atomic mass is 9.72. The Morgan fingerprint density at radius 1 is 1.16 bits per heavy atom. The van der Waals surface area contributed by atoms with Crippen molar-refractivity contribution in [2.24, 2.45) is 22.9 Å². The van der Waals surface area contributed by atoms with E-state index in [4.69, 9.17) is 4.84 Å². The van der Waals surface area contributed by atoms with Crippen LogP contribution in [0.4, 0.5) is 0 Å². The summed E-state index contributed by atoms with van der Waals surface area (Å²) in [7, 11) is 0. The summed E-state index contributed by atoms with van der Waals surface area (Å²) in [5, 5.41) is 5.25. The minimum absolute atomic E-state index is 0.367. The van der Waals surface area contributed by atoms with Crippen molar-refractivity contribution in [3.8, 4) is 0 Å². The predicted octanol–water partition coefficient (Wildman–Crippen LogP) is 3.97. The van der Waals surface area contributed by atoms with E-state index >= 15 is 0 Å². The molecule has 0 spiro atoms. The quantitative estimate of drug-likeness (QED) is 0.756. The zero-order valence-corrected chi connectivity index (χ0v) is 12.4. The molecule has 1 aromatic rings. The molecule has 3 heteroatoms. The number of halogens is 1. The van der Waals surface area contributed by atoms with E-state index < -0.39 is 0 Å². The molecule has 0 saturated heterocycles. The van der Waals surface area contributed by atoms with Gasteiger partial charge in [0.05, 0.1) is 5.71 Å². The first-order valence-corrected chi connectivity index (χ1v) is 8.34. The highest BCUT2D eigenvalue weighted by Gasteiger charge is 2.55. The summed E-state index contributed by atoms with van der Waals surface area (Å²) in [4.78, 5) is 5.85. The molecule has 2 saturated carbocycles. The van der Waals surface area contributed by atoms with Gasteiger partial charge in [-0.15, -0.1) is 0 Å². The Labute approximate surface area is 122 Å². The van der Waals surface area contributed by atoms with Crippen molar-refractivity contribution in [1.29, 1.82) is 0 Å². The van der Waals surface area contributed by atoms with Crippen LogP contribution in [0.5, 0.6) is 0 Å². The van der Waals surface area contributed by atoms with E-state index in [0.29, 0.717) is 17.9 Å². The zero-order valence-electron chi connectivity index (χ0n) is 10.8. The highest BCUT2D eigenvalue weighted by Crippen LogP contribution is 2.56. The maximum atomic E-state index is 5.85. The van der Waals surface area contributed by atoms with Crippen molar-refractivity contribution in [3.63, 3.8) is 0 Å². The van der Waals surface area contributed by atoms with Gasteiger partial charge in [0.1, 0.15) is 6.10 Å². The third-order valence-corrected chi connectivity index (χ3v) is 5.81. The van der Waals surface area contributed by atoms with Crippen molar-refractivity contribution in [3.05, 3.63) is 35.9 Å². The van der Waals surface area contributed by atoms with E-state index in [0.717, 1.165) is 17.2 Å². The Bertz CT molecular complexity index is 501. The molecule has 4 rings (SSSR count). The summed E-state index contributed by atoms with van der Waals surface area (Å²) in [5.74, 6) is 2.69. The summed E-state index contributed by atoms with van der Waals surface area (Å²) in [6, 6.07) is 10.9. The van der Waals surface area contributed by atoms with Crippen molar-refractivity contribution in [1.82, 2.24) is 0 Å². The minimum Gasteiger partial charge on any atom is -0.392 e. The van der Waals surface area contributed by atoms with Gasteiger partial charge in [0.25, 0.3) is 0 Å². The summed E-state index contributed by atoms with van der Waals surface area (Å²) in [6.07, 6.45) is 4.44. The Morgan fingerprint density at radius 2 is 1.95 bits per heavy atom. The third kappa shape index (κ3) is 1.78. The van der Waals surface area contributed by atoms with Gasteiger partial charge in [-0.05, 0) is 36.7 Å². The molecule has 3 aliphatic rings. The van der Waals surface area contributed by atoms with E-state index in [2.05, 4.69) is 51.4 Å². The van der Waals surface area contributed by atoms with Crippen LogP contribution in [0.1, 0.15) is 30.7 Å². The van der Waals surface area contributed by atoms with Crippen molar-refractivity contribution in [2.75, 3.05) is 5.33 Å². The lowest BCUT2D eigenvalue weighted by Gasteiger charge is -2.39. The van der Waals surface area contributed by atoms with E-state index in [1.54, 1.807) is 0 Å². The molecule has 1 heterocycles. The molecule has 2 bridgehead atoms. The lowest BCUT2D eigenvalue weighted by molar-refractivity contribution is -0.0327. The summed E-state index contributed by atoms with van der Waals surface area (Å²) < 4.78 is 0. The molecule has 0 amide bonds. The molecule has 100 valence electrons. The number of fused-ring (bicyclic) bond motifs is 5.